The highest BCUT2D eigenvalue weighted by Gasteiger charge is 2.30. The molecule has 0 bridgehead atoms. The van der Waals surface area contributed by atoms with Crippen molar-refractivity contribution in [3.63, 3.8) is 0 Å². The number of amides is 1. The molecule has 1 amide bonds. The van der Waals surface area contributed by atoms with E-state index in [1.165, 1.54) is 0 Å². The van der Waals surface area contributed by atoms with Crippen LogP contribution in [0.2, 0.25) is 0 Å². The molecule has 1 fully saturated rings. The SMILES string of the molecule is CC(C)CC(NC(=O)C(N)C(C)C)C1OCCO1. The number of carbonyl (C=O) groups is 1. The van der Waals surface area contributed by atoms with Crippen molar-refractivity contribution in [2.75, 3.05) is 13.2 Å². The Morgan fingerprint density at radius 2 is 1.83 bits per heavy atom. The Kier molecular flexibility index (Phi) is 6.05. The van der Waals surface area contributed by atoms with E-state index in [0.717, 1.165) is 6.42 Å². The Hall–Kier alpha value is -0.650. The van der Waals surface area contributed by atoms with Crippen LogP contribution in [0.15, 0.2) is 0 Å². The topological polar surface area (TPSA) is 73.6 Å². The molecule has 0 aliphatic carbocycles. The lowest BCUT2D eigenvalue weighted by Crippen LogP contribution is -2.52. The van der Waals surface area contributed by atoms with Gasteiger partial charge in [-0.15, -0.1) is 0 Å². The zero-order valence-corrected chi connectivity index (χ0v) is 11.8. The molecule has 0 aromatic rings. The van der Waals surface area contributed by atoms with Gasteiger partial charge >= 0.3 is 0 Å². The lowest BCUT2D eigenvalue weighted by atomic mass is 10.0. The van der Waals surface area contributed by atoms with Crippen LogP contribution in [0.3, 0.4) is 0 Å². The maximum absolute atomic E-state index is 12.0. The molecule has 1 heterocycles. The third-order valence-electron chi connectivity index (χ3n) is 3.05. The largest absolute Gasteiger partial charge is 0.348 e. The van der Waals surface area contributed by atoms with Gasteiger partial charge in [-0.1, -0.05) is 27.7 Å². The van der Waals surface area contributed by atoms with Crippen LogP contribution in [0.1, 0.15) is 34.1 Å². The lowest BCUT2D eigenvalue weighted by Gasteiger charge is -2.27. The number of carbonyl (C=O) groups excluding carboxylic acids is 1. The molecule has 0 radical (unpaired) electrons. The molecule has 106 valence electrons. The molecule has 2 atom stereocenters. The molecule has 0 spiro atoms. The summed E-state index contributed by atoms with van der Waals surface area (Å²) in [6.45, 7) is 9.26. The molecule has 0 aromatic heterocycles. The van der Waals surface area contributed by atoms with Crippen LogP contribution in [-0.4, -0.2) is 37.5 Å². The van der Waals surface area contributed by atoms with Crippen LogP contribution in [0, 0.1) is 11.8 Å². The Bertz CT molecular complexity index is 263. The predicted molar refractivity (Wildman–Crippen MR) is 69.9 cm³/mol. The van der Waals surface area contributed by atoms with Crippen molar-refractivity contribution in [1.82, 2.24) is 5.32 Å². The fraction of sp³-hybridized carbons (Fsp3) is 0.923. The molecule has 0 aromatic carbocycles. The predicted octanol–water partition coefficient (Wildman–Crippen LogP) is 0.874. The third-order valence-corrected chi connectivity index (χ3v) is 3.05. The molecule has 1 rings (SSSR count). The summed E-state index contributed by atoms with van der Waals surface area (Å²) in [6, 6.07) is -0.606. The second-order valence-corrected chi connectivity index (χ2v) is 5.62. The fourth-order valence-corrected chi connectivity index (χ4v) is 1.94. The van der Waals surface area contributed by atoms with Crippen molar-refractivity contribution in [3.05, 3.63) is 0 Å². The zero-order chi connectivity index (χ0) is 13.7. The van der Waals surface area contributed by atoms with Crippen molar-refractivity contribution in [2.45, 2.75) is 52.5 Å². The summed E-state index contributed by atoms with van der Waals surface area (Å²) in [4.78, 5) is 12.0. The number of nitrogens with two attached hydrogens (primary N) is 1. The van der Waals surface area contributed by atoms with Gasteiger partial charge in [-0.25, -0.2) is 0 Å². The monoisotopic (exact) mass is 258 g/mol. The molecule has 0 saturated carbocycles. The maximum atomic E-state index is 12.0. The normalized spacial score (nSPS) is 20.4. The van der Waals surface area contributed by atoms with Crippen LogP contribution in [-0.2, 0) is 14.3 Å². The summed E-state index contributed by atoms with van der Waals surface area (Å²) < 4.78 is 11.0. The smallest absolute Gasteiger partial charge is 0.237 e. The minimum absolute atomic E-state index is 0.120. The van der Waals surface area contributed by atoms with Crippen molar-refractivity contribution >= 4 is 5.91 Å². The Labute approximate surface area is 109 Å². The molecule has 1 aliphatic rings. The first-order chi connectivity index (χ1) is 8.41. The molecular formula is C13H26N2O3. The summed E-state index contributed by atoms with van der Waals surface area (Å²) in [5.41, 5.74) is 5.84. The Morgan fingerprint density at radius 1 is 1.28 bits per heavy atom. The van der Waals surface area contributed by atoms with Crippen LogP contribution in [0.4, 0.5) is 0 Å². The molecule has 2 unspecified atom stereocenters. The highest BCUT2D eigenvalue weighted by atomic mass is 16.7. The number of hydrogen-bond acceptors (Lipinski definition) is 4. The molecule has 1 saturated heterocycles. The zero-order valence-electron chi connectivity index (χ0n) is 11.8. The number of hydrogen-bond donors (Lipinski definition) is 2. The molecule has 18 heavy (non-hydrogen) atoms. The van der Waals surface area contributed by atoms with Gasteiger partial charge in [0.25, 0.3) is 0 Å². The first-order valence-electron chi connectivity index (χ1n) is 6.71. The van der Waals surface area contributed by atoms with E-state index in [9.17, 15) is 4.79 Å². The fourth-order valence-electron chi connectivity index (χ4n) is 1.94. The van der Waals surface area contributed by atoms with Crippen molar-refractivity contribution in [3.8, 4) is 0 Å². The summed E-state index contributed by atoms with van der Waals surface area (Å²) in [6.07, 6.45) is 0.483. The number of rotatable bonds is 6. The van der Waals surface area contributed by atoms with E-state index in [0.29, 0.717) is 19.1 Å². The first kappa shape index (κ1) is 15.4. The van der Waals surface area contributed by atoms with Gasteiger partial charge in [0.05, 0.1) is 25.3 Å². The summed E-state index contributed by atoms with van der Waals surface area (Å²) in [7, 11) is 0. The van der Waals surface area contributed by atoms with Crippen molar-refractivity contribution in [1.29, 1.82) is 0 Å². The van der Waals surface area contributed by atoms with E-state index >= 15 is 0 Å². The number of ether oxygens (including phenoxy) is 2. The minimum Gasteiger partial charge on any atom is -0.348 e. The van der Waals surface area contributed by atoms with Gasteiger partial charge in [-0.2, -0.15) is 0 Å². The van der Waals surface area contributed by atoms with Gasteiger partial charge in [-0.3, -0.25) is 4.79 Å². The summed E-state index contributed by atoms with van der Waals surface area (Å²) >= 11 is 0. The van der Waals surface area contributed by atoms with Gasteiger partial charge in [0.2, 0.25) is 5.91 Å². The van der Waals surface area contributed by atoms with Crippen molar-refractivity contribution in [2.24, 2.45) is 17.6 Å². The van der Waals surface area contributed by atoms with E-state index in [4.69, 9.17) is 15.2 Å². The van der Waals surface area contributed by atoms with Gasteiger partial charge in [0.15, 0.2) is 6.29 Å². The van der Waals surface area contributed by atoms with Crippen LogP contribution in [0.25, 0.3) is 0 Å². The van der Waals surface area contributed by atoms with Crippen LogP contribution < -0.4 is 11.1 Å². The maximum Gasteiger partial charge on any atom is 0.237 e. The van der Waals surface area contributed by atoms with E-state index in [2.05, 4.69) is 19.2 Å². The second kappa shape index (κ2) is 7.07. The van der Waals surface area contributed by atoms with E-state index in [1.807, 2.05) is 13.8 Å². The lowest BCUT2D eigenvalue weighted by molar-refractivity contribution is -0.129. The average Bonchev–Trinajstić information content (AvgIpc) is 2.79. The quantitative estimate of drug-likeness (QED) is 0.741. The van der Waals surface area contributed by atoms with Crippen LogP contribution in [0.5, 0.6) is 0 Å². The van der Waals surface area contributed by atoms with E-state index < -0.39 is 6.04 Å². The standard InChI is InChI=1S/C13H26N2O3/c1-8(2)7-10(13-17-5-6-18-13)15-12(16)11(14)9(3)4/h8-11,13H,5-7,14H2,1-4H3,(H,15,16). The van der Waals surface area contributed by atoms with E-state index in [1.54, 1.807) is 0 Å². The van der Waals surface area contributed by atoms with Gasteiger partial charge in [-0.05, 0) is 18.3 Å². The Balaban J connectivity index is 2.57. The minimum atomic E-state index is -0.485. The van der Waals surface area contributed by atoms with Gasteiger partial charge in [0, 0.05) is 0 Å². The third kappa shape index (κ3) is 4.55. The highest BCUT2D eigenvalue weighted by Crippen LogP contribution is 2.16. The summed E-state index contributed by atoms with van der Waals surface area (Å²) in [5.74, 6) is 0.447. The highest BCUT2D eigenvalue weighted by molar-refractivity contribution is 5.82. The van der Waals surface area contributed by atoms with Gasteiger partial charge in [0.1, 0.15) is 0 Å². The summed E-state index contributed by atoms with van der Waals surface area (Å²) in [5, 5.41) is 2.96. The second-order valence-electron chi connectivity index (χ2n) is 5.62. The molecule has 5 nitrogen and oxygen atoms in total. The van der Waals surface area contributed by atoms with Crippen molar-refractivity contribution < 1.29 is 14.3 Å². The number of nitrogens with one attached hydrogen (secondary N) is 1. The Morgan fingerprint density at radius 3 is 2.28 bits per heavy atom. The van der Waals surface area contributed by atoms with Gasteiger partial charge < -0.3 is 20.5 Å². The first-order valence-corrected chi connectivity index (χ1v) is 6.71. The molecule has 5 heteroatoms. The van der Waals surface area contributed by atoms with Crippen LogP contribution >= 0.6 is 0 Å². The molecule has 3 N–H and O–H groups in total. The van der Waals surface area contributed by atoms with E-state index in [-0.39, 0.29) is 24.2 Å². The molecular weight excluding hydrogens is 232 g/mol. The average molecular weight is 258 g/mol. The molecule has 1 aliphatic heterocycles.